The number of nitrogens with zero attached hydrogens (tertiary/aromatic N) is 3. The van der Waals surface area contributed by atoms with Gasteiger partial charge in [0.2, 0.25) is 0 Å². The quantitative estimate of drug-likeness (QED) is 0.139. The van der Waals surface area contributed by atoms with Crippen molar-refractivity contribution in [3.63, 3.8) is 0 Å². The van der Waals surface area contributed by atoms with Crippen LogP contribution in [0.2, 0.25) is 0 Å². The number of rotatable bonds is 11. The molecule has 10 nitrogen and oxygen atoms in total. The Morgan fingerprint density at radius 3 is 1.37 bits per heavy atom. The second kappa shape index (κ2) is 30.3. The summed E-state index contributed by atoms with van der Waals surface area (Å²) in [7, 11) is 11.7. The Kier molecular flexibility index (Phi) is 38.3. The van der Waals surface area contributed by atoms with Crippen LogP contribution in [0.25, 0.3) is 0 Å². The molecule has 9 N–H and O–H groups in total. The van der Waals surface area contributed by atoms with Crippen LogP contribution in [0.5, 0.6) is 0 Å². The van der Waals surface area contributed by atoms with Crippen LogP contribution in [0, 0.1) is 0 Å². The van der Waals surface area contributed by atoms with E-state index in [-0.39, 0.29) is 26.0 Å². The number of hydrogen-bond donors (Lipinski definition) is 7. The fourth-order valence-corrected chi connectivity index (χ4v) is 1.37. The van der Waals surface area contributed by atoms with Gasteiger partial charge in [-0.05, 0) is 55.3 Å². The first kappa shape index (κ1) is 34.1. The minimum atomic E-state index is -0.231. The minimum absolute atomic E-state index is 0.0250. The number of nitrogens with two attached hydrogens (primary N) is 2. The van der Waals surface area contributed by atoms with E-state index in [1.54, 1.807) is 0 Å². The highest BCUT2D eigenvalue weighted by atomic mass is 16.3. The van der Waals surface area contributed by atoms with Gasteiger partial charge in [0.25, 0.3) is 0 Å². The van der Waals surface area contributed by atoms with Gasteiger partial charge in [-0.15, -0.1) is 0 Å². The Labute approximate surface area is 166 Å². The van der Waals surface area contributed by atoms with Crippen molar-refractivity contribution in [2.24, 2.45) is 11.5 Å². The first-order valence-corrected chi connectivity index (χ1v) is 9.18. The molecule has 0 aromatic carbocycles. The predicted molar refractivity (Wildman–Crippen MR) is 114 cm³/mol. The van der Waals surface area contributed by atoms with Gasteiger partial charge in [0.1, 0.15) is 0 Å². The molecule has 170 valence electrons. The Morgan fingerprint density at radius 2 is 1.26 bits per heavy atom. The zero-order valence-electron chi connectivity index (χ0n) is 18.4. The predicted octanol–water partition coefficient (Wildman–Crippen LogP) is -3.18. The summed E-state index contributed by atoms with van der Waals surface area (Å²) in [5.74, 6) is 0. The third-order valence-corrected chi connectivity index (χ3v) is 2.49. The number of likely N-dealkylation sites (N-methyl/N-ethyl adjacent to an activating group) is 3. The van der Waals surface area contributed by atoms with Crippen molar-refractivity contribution < 1.29 is 20.4 Å². The number of aliphatic hydroxyl groups is 4. The molecule has 0 saturated heterocycles. The Morgan fingerprint density at radius 1 is 0.778 bits per heavy atom. The molecule has 0 spiro atoms. The van der Waals surface area contributed by atoms with Crippen LogP contribution in [0.4, 0.5) is 0 Å². The normalized spacial score (nSPS) is 10.2. The smallest absolute Gasteiger partial charge is 0.0931 e. The lowest BCUT2D eigenvalue weighted by molar-refractivity contribution is 0.107. The van der Waals surface area contributed by atoms with Gasteiger partial charge in [0.15, 0.2) is 0 Å². The van der Waals surface area contributed by atoms with Crippen LogP contribution in [0.15, 0.2) is 0 Å². The van der Waals surface area contributed by atoms with Crippen molar-refractivity contribution >= 4 is 0 Å². The first-order chi connectivity index (χ1) is 12.6. The van der Waals surface area contributed by atoms with Gasteiger partial charge in [0.05, 0.1) is 19.4 Å². The van der Waals surface area contributed by atoms with E-state index in [1.807, 2.05) is 57.0 Å². The molecule has 10 heteroatoms. The van der Waals surface area contributed by atoms with E-state index in [2.05, 4.69) is 5.32 Å². The molecule has 0 fully saturated rings. The maximum Gasteiger partial charge on any atom is 0.0931 e. The Hall–Kier alpha value is -0.400. The summed E-state index contributed by atoms with van der Waals surface area (Å²) in [4.78, 5) is 5.89. The second-order valence-electron chi connectivity index (χ2n) is 6.52. The van der Waals surface area contributed by atoms with Crippen LogP contribution < -0.4 is 16.8 Å². The molecule has 0 amide bonds. The topological polar surface area (TPSA) is 155 Å². The van der Waals surface area contributed by atoms with Crippen molar-refractivity contribution in [3.8, 4) is 0 Å². The molecule has 0 aliphatic carbocycles. The summed E-state index contributed by atoms with van der Waals surface area (Å²) < 4.78 is 0. The molecule has 0 atom stereocenters. The zero-order chi connectivity index (χ0) is 22.1. The highest BCUT2D eigenvalue weighted by molar-refractivity contribution is 4.60. The minimum Gasteiger partial charge on any atom is -0.396 e. The molecule has 0 unspecified atom stereocenters. The molecular formula is C17H48N6O4. The average Bonchev–Trinajstić information content (AvgIpc) is 2.53. The maximum atomic E-state index is 9.31. The van der Waals surface area contributed by atoms with Crippen molar-refractivity contribution in [2.45, 2.75) is 12.5 Å². The van der Waals surface area contributed by atoms with Gasteiger partial charge >= 0.3 is 0 Å². The van der Waals surface area contributed by atoms with E-state index >= 15 is 0 Å². The van der Waals surface area contributed by atoms with Crippen LogP contribution in [-0.2, 0) is 0 Å². The monoisotopic (exact) mass is 400 g/mol. The lowest BCUT2D eigenvalue weighted by atomic mass is 10.3. The summed E-state index contributed by atoms with van der Waals surface area (Å²) in [6, 6.07) is 0. The summed E-state index contributed by atoms with van der Waals surface area (Å²) in [6.45, 7) is 4.60. The second-order valence-corrected chi connectivity index (χ2v) is 6.52. The van der Waals surface area contributed by atoms with Gasteiger partial charge in [0, 0.05) is 39.3 Å². The highest BCUT2D eigenvalue weighted by Crippen LogP contribution is 1.87. The Bertz CT molecular complexity index is 221. The number of hydrogen-bond acceptors (Lipinski definition) is 10. The van der Waals surface area contributed by atoms with E-state index in [1.165, 1.54) is 0 Å². The van der Waals surface area contributed by atoms with Crippen molar-refractivity contribution in [2.75, 3.05) is 101 Å². The third-order valence-electron chi connectivity index (χ3n) is 2.49. The van der Waals surface area contributed by atoms with E-state index < -0.39 is 0 Å². The molecule has 0 saturated carbocycles. The molecule has 0 rings (SSSR count). The van der Waals surface area contributed by atoms with E-state index in [4.69, 9.17) is 26.8 Å². The fraction of sp³-hybridized carbons (Fsp3) is 1.00. The highest BCUT2D eigenvalue weighted by Gasteiger charge is 2.05. The van der Waals surface area contributed by atoms with Crippen LogP contribution in [-0.4, -0.2) is 143 Å². The van der Waals surface area contributed by atoms with Crippen LogP contribution in [0.1, 0.15) is 6.42 Å². The summed E-state index contributed by atoms with van der Waals surface area (Å²) in [6.07, 6.45) is 0.491. The molecule has 27 heavy (non-hydrogen) atoms. The zero-order valence-corrected chi connectivity index (χ0v) is 18.4. The standard InChI is InChI=1S/C7H18N2O.C4H11NO.C3H10N2O.C3H9NO/c1-8(2)5-7(10)6-9(3)4;1-5(2)3-4-6;4-1-2-5-3-6;4-2-1-3-5/h7,10H,5-6H2,1-4H3;6H,3-4H2,1-2H3;5-6H,1-4H2;5H,1-4H2. The van der Waals surface area contributed by atoms with Gasteiger partial charge in [-0.25, -0.2) is 0 Å². The van der Waals surface area contributed by atoms with Gasteiger partial charge < -0.3 is 46.6 Å². The maximum absolute atomic E-state index is 9.31. The van der Waals surface area contributed by atoms with Crippen molar-refractivity contribution in [1.29, 1.82) is 0 Å². The molecule has 0 aliphatic heterocycles. The van der Waals surface area contributed by atoms with E-state index in [0.29, 0.717) is 19.6 Å². The van der Waals surface area contributed by atoms with Gasteiger partial charge in [-0.2, -0.15) is 0 Å². The van der Waals surface area contributed by atoms with Crippen molar-refractivity contribution in [1.82, 2.24) is 20.0 Å². The molecule has 0 heterocycles. The van der Waals surface area contributed by atoms with E-state index in [9.17, 15) is 5.11 Å². The molecule has 0 aromatic rings. The molecular weight excluding hydrogens is 352 g/mol. The average molecular weight is 401 g/mol. The van der Waals surface area contributed by atoms with Gasteiger partial charge in [-0.3, -0.25) is 5.32 Å². The lowest BCUT2D eigenvalue weighted by Crippen LogP contribution is -2.34. The van der Waals surface area contributed by atoms with Crippen LogP contribution >= 0.6 is 0 Å². The summed E-state index contributed by atoms with van der Waals surface area (Å²) in [5.41, 5.74) is 10.0. The number of nitrogens with one attached hydrogen (secondary N) is 1. The SMILES string of the molecule is CN(C)CC(O)CN(C)C.CN(C)CCO.NCCCO.NCCNCO. The summed E-state index contributed by atoms with van der Waals surface area (Å²) >= 11 is 0. The Balaban J connectivity index is -0.000000137. The molecule has 0 radical (unpaired) electrons. The largest absolute Gasteiger partial charge is 0.396 e. The van der Waals surface area contributed by atoms with E-state index in [0.717, 1.165) is 26.1 Å². The molecule has 0 bridgehead atoms. The summed E-state index contributed by atoms with van der Waals surface area (Å²) in [5, 5.41) is 36.1. The molecule has 0 aromatic heterocycles. The third kappa shape index (κ3) is 58.6. The number of aliphatic hydroxyl groups excluding tert-OH is 4. The molecule has 0 aliphatic rings. The van der Waals surface area contributed by atoms with Gasteiger partial charge in [-0.1, -0.05) is 0 Å². The van der Waals surface area contributed by atoms with Crippen LogP contribution in [0.3, 0.4) is 0 Å². The van der Waals surface area contributed by atoms with Crippen molar-refractivity contribution in [3.05, 3.63) is 0 Å². The fourth-order valence-electron chi connectivity index (χ4n) is 1.37. The lowest BCUT2D eigenvalue weighted by Gasteiger charge is -2.19. The first-order valence-electron chi connectivity index (χ1n) is 9.18.